The zero-order valence-corrected chi connectivity index (χ0v) is 14.2. The number of ether oxygens (including phenoxy) is 2. The molecule has 4 nitrogen and oxygen atoms in total. The topological polar surface area (TPSA) is 52.6 Å². The number of carbonyl (C=O) groups excluding carboxylic acids is 2. The number of hydrogen-bond donors (Lipinski definition) is 0. The monoisotopic (exact) mass is 414 g/mol. The Morgan fingerprint density at radius 2 is 1.41 bits per heavy atom. The van der Waals surface area contributed by atoms with Crippen LogP contribution in [0.5, 0.6) is 0 Å². The van der Waals surface area contributed by atoms with Crippen molar-refractivity contribution >= 4 is 11.9 Å². The van der Waals surface area contributed by atoms with Crippen LogP contribution in [-0.4, -0.2) is 49.3 Å². The largest absolute Gasteiger partial charge is 0.465 e. The summed E-state index contributed by atoms with van der Waals surface area (Å²) in [6.45, 7) is 2.77. The second kappa shape index (κ2) is 9.88. The van der Waals surface area contributed by atoms with Gasteiger partial charge in [-0.3, -0.25) is 9.59 Å². The molecule has 0 heterocycles. The van der Waals surface area contributed by atoms with Gasteiger partial charge in [-0.1, -0.05) is 5.57 Å². The van der Waals surface area contributed by atoms with Crippen LogP contribution in [0.3, 0.4) is 0 Å². The van der Waals surface area contributed by atoms with Gasteiger partial charge in [-0.2, -0.15) is 26.3 Å². The molecule has 0 spiro atoms. The Kier molecular flexibility index (Phi) is 9.19. The van der Waals surface area contributed by atoms with E-state index in [-0.39, 0.29) is 19.4 Å². The van der Waals surface area contributed by atoms with Crippen molar-refractivity contribution in [2.45, 2.75) is 56.8 Å². The van der Waals surface area contributed by atoms with Crippen molar-refractivity contribution in [1.82, 2.24) is 0 Å². The number of hydrogen-bond acceptors (Lipinski definition) is 4. The molecule has 0 rings (SSSR count). The Morgan fingerprint density at radius 3 is 1.85 bits per heavy atom. The molecule has 0 fully saturated rings. The summed E-state index contributed by atoms with van der Waals surface area (Å²) in [7, 11) is 0. The summed E-state index contributed by atoms with van der Waals surface area (Å²) in [6, 6.07) is 0. The third kappa shape index (κ3) is 7.33. The van der Waals surface area contributed by atoms with Crippen molar-refractivity contribution in [3.8, 4) is 0 Å². The van der Waals surface area contributed by atoms with E-state index in [0.717, 1.165) is 5.57 Å². The summed E-state index contributed by atoms with van der Waals surface area (Å²) in [4.78, 5) is 22.4. The standard InChI is InChI=1S/C15H18F8O4/c1-9(2)6-7-26-10(24)4-3-5-11(25)27-8-13(18,19)15(22,23)14(20,21)12(16)17/h12H,1,3-8H2,2H3. The van der Waals surface area contributed by atoms with Gasteiger partial charge in [0.2, 0.25) is 0 Å². The highest BCUT2D eigenvalue weighted by Gasteiger charge is 2.75. The number of halogens is 8. The van der Waals surface area contributed by atoms with Gasteiger partial charge in [0, 0.05) is 19.3 Å². The molecule has 0 atom stereocenters. The summed E-state index contributed by atoms with van der Waals surface area (Å²) >= 11 is 0. The fourth-order valence-electron chi connectivity index (χ4n) is 1.50. The third-order valence-electron chi connectivity index (χ3n) is 3.12. The lowest BCUT2D eigenvalue weighted by Crippen LogP contribution is -2.59. The van der Waals surface area contributed by atoms with Gasteiger partial charge >= 0.3 is 36.1 Å². The van der Waals surface area contributed by atoms with E-state index in [9.17, 15) is 44.7 Å². The molecule has 12 heteroatoms. The summed E-state index contributed by atoms with van der Waals surface area (Å²) in [6.07, 6.45) is -5.89. The Labute approximate surface area is 149 Å². The van der Waals surface area contributed by atoms with E-state index in [4.69, 9.17) is 4.74 Å². The van der Waals surface area contributed by atoms with Crippen LogP contribution >= 0.6 is 0 Å². The van der Waals surface area contributed by atoms with Gasteiger partial charge in [0.05, 0.1) is 6.61 Å². The van der Waals surface area contributed by atoms with Gasteiger partial charge in [0.1, 0.15) is 0 Å². The molecule has 0 aromatic carbocycles. The molecule has 0 aliphatic heterocycles. The molecule has 0 amide bonds. The number of esters is 2. The second-order valence-corrected chi connectivity index (χ2v) is 5.64. The van der Waals surface area contributed by atoms with E-state index < -0.39 is 49.2 Å². The van der Waals surface area contributed by atoms with Gasteiger partial charge in [-0.15, -0.1) is 6.58 Å². The van der Waals surface area contributed by atoms with Crippen LogP contribution in [-0.2, 0) is 19.1 Å². The minimum Gasteiger partial charge on any atom is -0.465 e. The van der Waals surface area contributed by atoms with E-state index in [2.05, 4.69) is 11.3 Å². The van der Waals surface area contributed by atoms with E-state index in [0.29, 0.717) is 6.42 Å². The minimum atomic E-state index is -6.44. The van der Waals surface area contributed by atoms with Crippen molar-refractivity contribution in [3.63, 3.8) is 0 Å². The van der Waals surface area contributed by atoms with Crippen LogP contribution in [0.4, 0.5) is 35.1 Å². The first-order chi connectivity index (χ1) is 12.1. The highest BCUT2D eigenvalue weighted by molar-refractivity contribution is 5.72. The number of carbonyl (C=O) groups is 2. The summed E-state index contributed by atoms with van der Waals surface area (Å²) in [5.41, 5.74) is 0.751. The zero-order chi connectivity index (χ0) is 21.5. The normalized spacial score (nSPS) is 12.8. The van der Waals surface area contributed by atoms with Crippen molar-refractivity contribution in [2.75, 3.05) is 13.2 Å². The van der Waals surface area contributed by atoms with Crippen LogP contribution in [0.25, 0.3) is 0 Å². The highest BCUT2D eigenvalue weighted by atomic mass is 19.4. The molecule has 158 valence electrons. The lowest BCUT2D eigenvalue weighted by molar-refractivity contribution is -0.344. The minimum absolute atomic E-state index is 0.0399. The first-order valence-corrected chi connectivity index (χ1v) is 7.52. The lowest BCUT2D eigenvalue weighted by Gasteiger charge is -2.31. The predicted molar refractivity (Wildman–Crippen MR) is 76.0 cm³/mol. The van der Waals surface area contributed by atoms with E-state index in [1.807, 2.05) is 0 Å². The first-order valence-electron chi connectivity index (χ1n) is 7.52. The fraction of sp³-hybridized carbons (Fsp3) is 0.733. The Morgan fingerprint density at radius 1 is 0.926 bits per heavy atom. The average Bonchev–Trinajstić information content (AvgIpc) is 2.52. The molecule has 0 N–H and O–H groups in total. The van der Waals surface area contributed by atoms with Crippen molar-refractivity contribution in [2.24, 2.45) is 0 Å². The van der Waals surface area contributed by atoms with Gasteiger partial charge in [0.25, 0.3) is 0 Å². The molecular weight excluding hydrogens is 396 g/mol. The molecular formula is C15H18F8O4. The smallest absolute Gasteiger partial charge is 0.381 e. The van der Waals surface area contributed by atoms with Gasteiger partial charge in [-0.25, -0.2) is 8.78 Å². The van der Waals surface area contributed by atoms with Crippen LogP contribution in [0, 0.1) is 0 Å². The Bertz CT molecular complexity index is 534. The van der Waals surface area contributed by atoms with Gasteiger partial charge in [-0.05, 0) is 13.3 Å². The van der Waals surface area contributed by atoms with Gasteiger partial charge in [0.15, 0.2) is 6.61 Å². The maximum atomic E-state index is 13.2. The van der Waals surface area contributed by atoms with Crippen LogP contribution in [0.1, 0.15) is 32.6 Å². The van der Waals surface area contributed by atoms with Crippen molar-refractivity contribution in [1.29, 1.82) is 0 Å². The van der Waals surface area contributed by atoms with Crippen LogP contribution < -0.4 is 0 Å². The van der Waals surface area contributed by atoms with Gasteiger partial charge < -0.3 is 9.47 Å². The summed E-state index contributed by atoms with van der Waals surface area (Å²) < 4.78 is 110. The molecule has 0 aromatic heterocycles. The molecule has 0 aromatic rings. The molecule has 0 aliphatic carbocycles. The summed E-state index contributed by atoms with van der Waals surface area (Å²) in [5.74, 6) is -20.7. The first kappa shape index (κ1) is 25.1. The average molecular weight is 414 g/mol. The molecule has 0 unspecified atom stereocenters. The fourth-order valence-corrected chi connectivity index (χ4v) is 1.50. The van der Waals surface area contributed by atoms with E-state index in [1.165, 1.54) is 0 Å². The lowest BCUT2D eigenvalue weighted by atomic mass is 10.1. The van der Waals surface area contributed by atoms with E-state index >= 15 is 0 Å². The van der Waals surface area contributed by atoms with Crippen molar-refractivity contribution in [3.05, 3.63) is 12.2 Å². The van der Waals surface area contributed by atoms with E-state index in [1.54, 1.807) is 6.92 Å². The quantitative estimate of drug-likeness (QED) is 0.270. The third-order valence-corrected chi connectivity index (χ3v) is 3.12. The predicted octanol–water partition coefficient (Wildman–Crippen LogP) is 4.38. The number of rotatable bonds is 12. The van der Waals surface area contributed by atoms with Crippen molar-refractivity contribution < 1.29 is 54.2 Å². The molecule has 0 saturated heterocycles. The number of alkyl halides is 8. The molecule has 0 aliphatic rings. The maximum absolute atomic E-state index is 13.2. The SMILES string of the molecule is C=C(C)CCOC(=O)CCCC(=O)OCC(F)(F)C(F)(F)C(F)(F)C(F)F. The summed E-state index contributed by atoms with van der Waals surface area (Å²) in [5, 5.41) is 0. The molecule has 27 heavy (non-hydrogen) atoms. The van der Waals surface area contributed by atoms with Crippen LogP contribution in [0.15, 0.2) is 12.2 Å². The molecule has 0 radical (unpaired) electrons. The maximum Gasteiger partial charge on any atom is 0.381 e. The Hall–Kier alpha value is -1.88. The highest BCUT2D eigenvalue weighted by Crippen LogP contribution is 2.48. The molecule has 0 saturated carbocycles. The second-order valence-electron chi connectivity index (χ2n) is 5.64. The van der Waals surface area contributed by atoms with Crippen LogP contribution in [0.2, 0.25) is 0 Å². The Balaban J connectivity index is 4.41. The zero-order valence-electron chi connectivity index (χ0n) is 14.2. The molecule has 0 bridgehead atoms.